The molecule has 0 saturated carbocycles. The van der Waals surface area contributed by atoms with E-state index in [2.05, 4.69) is 5.32 Å². The van der Waals surface area contributed by atoms with Gasteiger partial charge >= 0.3 is 0 Å². The summed E-state index contributed by atoms with van der Waals surface area (Å²) in [7, 11) is 0. The van der Waals surface area contributed by atoms with E-state index in [4.69, 9.17) is 9.52 Å². The third-order valence-electron chi connectivity index (χ3n) is 5.92. The highest BCUT2D eigenvalue weighted by molar-refractivity contribution is 5.94. The summed E-state index contributed by atoms with van der Waals surface area (Å²) >= 11 is 0. The summed E-state index contributed by atoms with van der Waals surface area (Å²) in [5.41, 5.74) is 2.63. The Morgan fingerprint density at radius 1 is 0.909 bits per heavy atom. The van der Waals surface area contributed by atoms with Crippen molar-refractivity contribution in [3.8, 4) is 16.9 Å². The first-order chi connectivity index (χ1) is 16.2. The van der Waals surface area contributed by atoms with Crippen LogP contribution in [0, 0.1) is 5.92 Å². The van der Waals surface area contributed by atoms with E-state index in [1.54, 1.807) is 21.7 Å². The number of hydrogen-bond donors (Lipinski definition) is 1. The Kier molecular flexibility index (Phi) is 5.76. The van der Waals surface area contributed by atoms with Gasteiger partial charge in [-0.1, -0.05) is 48.5 Å². The molecule has 166 valence electrons. The second kappa shape index (κ2) is 9.16. The molecular weight excluding hydrogens is 416 g/mol. The number of rotatable bonds is 5. The van der Waals surface area contributed by atoms with E-state index in [0.29, 0.717) is 37.5 Å². The summed E-state index contributed by atoms with van der Waals surface area (Å²) in [6, 6.07) is 24.9. The SMILES string of the molecule is O=C(Nc1cc(-c2ccccc2)nn1-c1ccccc1)C1CCN(C(=O)c2ccco2)CC1. The van der Waals surface area contributed by atoms with Crippen molar-refractivity contribution in [2.75, 3.05) is 18.4 Å². The first-order valence-corrected chi connectivity index (χ1v) is 11.0. The number of benzene rings is 2. The highest BCUT2D eigenvalue weighted by Gasteiger charge is 2.29. The van der Waals surface area contributed by atoms with Crippen LogP contribution in [0.25, 0.3) is 16.9 Å². The molecule has 1 saturated heterocycles. The Balaban J connectivity index is 1.32. The zero-order chi connectivity index (χ0) is 22.6. The molecule has 1 aliphatic heterocycles. The molecule has 5 rings (SSSR count). The average Bonchev–Trinajstić information content (AvgIpc) is 3.56. The van der Waals surface area contributed by atoms with Crippen LogP contribution in [-0.4, -0.2) is 39.6 Å². The molecule has 0 aliphatic carbocycles. The van der Waals surface area contributed by atoms with Crippen molar-refractivity contribution < 1.29 is 14.0 Å². The van der Waals surface area contributed by atoms with Gasteiger partial charge in [0.2, 0.25) is 5.91 Å². The van der Waals surface area contributed by atoms with Crippen molar-refractivity contribution in [2.24, 2.45) is 5.92 Å². The summed E-state index contributed by atoms with van der Waals surface area (Å²) in [6.07, 6.45) is 2.69. The lowest BCUT2D eigenvalue weighted by Crippen LogP contribution is -2.41. The Labute approximate surface area is 191 Å². The number of nitrogens with one attached hydrogen (secondary N) is 1. The van der Waals surface area contributed by atoms with Gasteiger partial charge in [0.05, 0.1) is 17.6 Å². The maximum atomic E-state index is 13.1. The zero-order valence-electron chi connectivity index (χ0n) is 18.1. The van der Waals surface area contributed by atoms with Crippen molar-refractivity contribution >= 4 is 17.6 Å². The van der Waals surface area contributed by atoms with Crippen LogP contribution >= 0.6 is 0 Å². The number of aromatic nitrogens is 2. The summed E-state index contributed by atoms with van der Waals surface area (Å²) in [4.78, 5) is 27.4. The first-order valence-electron chi connectivity index (χ1n) is 11.0. The monoisotopic (exact) mass is 440 g/mol. The predicted molar refractivity (Wildman–Crippen MR) is 125 cm³/mol. The number of anilines is 1. The molecule has 2 aromatic carbocycles. The van der Waals surface area contributed by atoms with Crippen LogP contribution in [0.1, 0.15) is 23.4 Å². The largest absolute Gasteiger partial charge is 0.459 e. The molecule has 1 fully saturated rings. The summed E-state index contributed by atoms with van der Waals surface area (Å²) < 4.78 is 6.98. The van der Waals surface area contributed by atoms with Gasteiger partial charge in [-0.2, -0.15) is 5.10 Å². The van der Waals surface area contributed by atoms with Gasteiger partial charge in [0, 0.05) is 30.6 Å². The third-order valence-corrected chi connectivity index (χ3v) is 5.92. The van der Waals surface area contributed by atoms with Gasteiger partial charge < -0.3 is 14.6 Å². The van der Waals surface area contributed by atoms with Crippen LogP contribution in [0.5, 0.6) is 0 Å². The lowest BCUT2D eigenvalue weighted by molar-refractivity contribution is -0.121. The number of likely N-dealkylation sites (tertiary alicyclic amines) is 1. The molecule has 2 aromatic heterocycles. The predicted octanol–water partition coefficient (Wildman–Crippen LogP) is 4.62. The molecule has 0 bridgehead atoms. The van der Waals surface area contributed by atoms with Gasteiger partial charge in [-0.05, 0) is 37.1 Å². The minimum absolute atomic E-state index is 0.0585. The van der Waals surface area contributed by atoms with Crippen molar-refractivity contribution in [3.05, 3.63) is 90.9 Å². The van der Waals surface area contributed by atoms with Gasteiger partial charge in [-0.25, -0.2) is 4.68 Å². The van der Waals surface area contributed by atoms with Gasteiger partial charge in [-0.3, -0.25) is 9.59 Å². The number of carbonyl (C=O) groups excluding carboxylic acids is 2. The maximum Gasteiger partial charge on any atom is 0.289 e. The fourth-order valence-electron chi connectivity index (χ4n) is 4.12. The van der Waals surface area contributed by atoms with Gasteiger partial charge in [0.1, 0.15) is 5.82 Å². The van der Waals surface area contributed by atoms with Crippen LogP contribution in [0.2, 0.25) is 0 Å². The van der Waals surface area contributed by atoms with Crippen molar-refractivity contribution in [1.82, 2.24) is 14.7 Å². The number of hydrogen-bond acceptors (Lipinski definition) is 4. The third kappa shape index (κ3) is 4.43. The molecule has 33 heavy (non-hydrogen) atoms. The van der Waals surface area contributed by atoms with E-state index in [1.165, 1.54) is 6.26 Å². The molecule has 2 amide bonds. The molecule has 4 aromatic rings. The number of amides is 2. The van der Waals surface area contributed by atoms with Gasteiger partial charge in [0.25, 0.3) is 5.91 Å². The lowest BCUT2D eigenvalue weighted by Gasteiger charge is -2.30. The minimum Gasteiger partial charge on any atom is -0.459 e. The number of nitrogens with zero attached hydrogens (tertiary/aromatic N) is 3. The number of carbonyl (C=O) groups is 2. The van der Waals surface area contributed by atoms with Crippen molar-refractivity contribution in [2.45, 2.75) is 12.8 Å². The standard InChI is InChI=1S/C26H24N4O3/c31-25(20-13-15-29(16-14-20)26(32)23-12-7-17-33-23)27-24-18-22(19-8-3-1-4-9-19)28-30(24)21-10-5-2-6-11-21/h1-12,17-18,20H,13-16H2,(H,27,31). The Bertz CT molecular complexity index is 1230. The van der Waals surface area contributed by atoms with Crippen LogP contribution < -0.4 is 5.32 Å². The van der Waals surface area contributed by atoms with Crippen molar-refractivity contribution in [1.29, 1.82) is 0 Å². The topological polar surface area (TPSA) is 80.4 Å². The molecule has 7 nitrogen and oxygen atoms in total. The Morgan fingerprint density at radius 3 is 2.27 bits per heavy atom. The number of furan rings is 1. The summed E-state index contributed by atoms with van der Waals surface area (Å²) in [6.45, 7) is 1.04. The fourth-order valence-corrected chi connectivity index (χ4v) is 4.12. The zero-order valence-corrected chi connectivity index (χ0v) is 18.1. The molecule has 0 spiro atoms. The molecule has 0 unspecified atom stereocenters. The van der Waals surface area contributed by atoms with Crippen LogP contribution in [0.3, 0.4) is 0 Å². The minimum atomic E-state index is -0.176. The van der Waals surface area contributed by atoms with Crippen LogP contribution in [0.15, 0.2) is 89.5 Å². The quantitative estimate of drug-likeness (QED) is 0.491. The molecule has 0 radical (unpaired) electrons. The molecule has 0 atom stereocenters. The van der Waals surface area contributed by atoms with E-state index >= 15 is 0 Å². The van der Waals surface area contributed by atoms with Crippen LogP contribution in [0.4, 0.5) is 5.82 Å². The molecule has 1 N–H and O–H groups in total. The fraction of sp³-hybridized carbons (Fsp3) is 0.192. The normalized spacial score (nSPS) is 14.2. The van der Waals surface area contributed by atoms with Gasteiger partial charge in [-0.15, -0.1) is 0 Å². The van der Waals surface area contributed by atoms with E-state index < -0.39 is 0 Å². The van der Waals surface area contributed by atoms with E-state index in [0.717, 1.165) is 16.9 Å². The second-order valence-corrected chi connectivity index (χ2v) is 8.06. The number of piperidine rings is 1. The molecular formula is C26H24N4O3. The molecule has 3 heterocycles. The Hall–Kier alpha value is -4.13. The Morgan fingerprint density at radius 2 is 1.61 bits per heavy atom. The smallest absolute Gasteiger partial charge is 0.289 e. The molecule has 1 aliphatic rings. The average molecular weight is 441 g/mol. The highest BCUT2D eigenvalue weighted by Crippen LogP contribution is 2.26. The van der Waals surface area contributed by atoms with Crippen molar-refractivity contribution in [3.63, 3.8) is 0 Å². The highest BCUT2D eigenvalue weighted by atomic mass is 16.3. The summed E-state index contributed by atoms with van der Waals surface area (Å²) in [5.74, 6) is 0.590. The number of para-hydroxylation sites is 1. The molecule has 7 heteroatoms. The maximum absolute atomic E-state index is 13.1. The first kappa shape index (κ1) is 20.8. The van der Waals surface area contributed by atoms with Gasteiger partial charge in [0.15, 0.2) is 5.76 Å². The van der Waals surface area contributed by atoms with E-state index in [1.807, 2.05) is 66.7 Å². The van der Waals surface area contributed by atoms with Crippen LogP contribution in [-0.2, 0) is 4.79 Å². The lowest BCUT2D eigenvalue weighted by atomic mass is 9.95. The van der Waals surface area contributed by atoms with E-state index in [-0.39, 0.29) is 17.7 Å². The summed E-state index contributed by atoms with van der Waals surface area (Å²) in [5, 5.41) is 7.83. The van der Waals surface area contributed by atoms with E-state index in [9.17, 15) is 9.59 Å². The second-order valence-electron chi connectivity index (χ2n) is 8.06.